The smallest absolute Gasteiger partial charge is 0.255 e. The predicted molar refractivity (Wildman–Crippen MR) is 101 cm³/mol. The number of carbonyl (C=O) groups is 1. The molecule has 2 aromatic rings. The number of benzene rings is 1. The van der Waals surface area contributed by atoms with Crippen molar-refractivity contribution in [3.8, 4) is 5.88 Å². The van der Waals surface area contributed by atoms with Crippen molar-refractivity contribution < 1.29 is 14.3 Å². The van der Waals surface area contributed by atoms with Crippen molar-refractivity contribution in [2.45, 2.75) is 32.4 Å². The molecule has 2 heterocycles. The predicted octanol–water partition coefficient (Wildman–Crippen LogP) is 3.96. The quantitative estimate of drug-likeness (QED) is 0.768. The van der Waals surface area contributed by atoms with Crippen LogP contribution in [0.2, 0.25) is 5.02 Å². The highest BCUT2D eigenvalue weighted by Crippen LogP contribution is 2.26. The second-order valence-electron chi connectivity index (χ2n) is 6.25. The van der Waals surface area contributed by atoms with Crippen molar-refractivity contribution in [2.75, 3.05) is 19.8 Å². The van der Waals surface area contributed by atoms with E-state index in [4.69, 9.17) is 21.1 Å². The summed E-state index contributed by atoms with van der Waals surface area (Å²) in [4.78, 5) is 18.8. The van der Waals surface area contributed by atoms with Crippen molar-refractivity contribution in [1.29, 1.82) is 0 Å². The highest BCUT2D eigenvalue weighted by molar-refractivity contribution is 6.32. The van der Waals surface area contributed by atoms with Gasteiger partial charge in [0, 0.05) is 32.1 Å². The molecule has 0 spiro atoms. The van der Waals surface area contributed by atoms with Crippen LogP contribution in [0, 0.1) is 0 Å². The Kier molecular flexibility index (Phi) is 6.47. The summed E-state index contributed by atoms with van der Waals surface area (Å²) < 4.78 is 11.2. The van der Waals surface area contributed by atoms with Crippen LogP contribution in [-0.4, -0.2) is 41.7 Å². The fourth-order valence-corrected chi connectivity index (χ4v) is 3.11. The molecule has 0 atom stereocenters. The normalized spacial score (nSPS) is 14.8. The summed E-state index contributed by atoms with van der Waals surface area (Å²) in [7, 11) is 0. The fourth-order valence-electron chi connectivity index (χ4n) is 2.89. The van der Waals surface area contributed by atoms with Gasteiger partial charge in [-0.15, -0.1) is 0 Å². The van der Waals surface area contributed by atoms with Crippen molar-refractivity contribution in [2.24, 2.45) is 0 Å². The molecule has 0 N–H and O–H groups in total. The van der Waals surface area contributed by atoms with E-state index < -0.39 is 0 Å². The first-order chi connectivity index (χ1) is 12.7. The first-order valence-electron chi connectivity index (χ1n) is 8.90. The van der Waals surface area contributed by atoms with Gasteiger partial charge in [-0.1, -0.05) is 41.9 Å². The molecule has 1 saturated heterocycles. The number of nitrogens with zero attached hydrogens (tertiary/aromatic N) is 2. The van der Waals surface area contributed by atoms with E-state index in [2.05, 4.69) is 4.98 Å². The molecule has 3 rings (SSSR count). The van der Waals surface area contributed by atoms with Crippen LogP contribution in [0.3, 0.4) is 0 Å². The van der Waals surface area contributed by atoms with Gasteiger partial charge in [0.1, 0.15) is 11.1 Å². The Morgan fingerprint density at radius 3 is 2.69 bits per heavy atom. The van der Waals surface area contributed by atoms with E-state index in [0.29, 0.717) is 42.8 Å². The third-order valence-electron chi connectivity index (χ3n) is 4.39. The molecule has 1 aromatic heterocycles. The molecule has 0 unspecified atom stereocenters. The lowest BCUT2D eigenvalue weighted by Gasteiger charge is -2.24. The van der Waals surface area contributed by atoms with Gasteiger partial charge in [-0.25, -0.2) is 4.98 Å². The highest BCUT2D eigenvalue weighted by Gasteiger charge is 2.20. The minimum Gasteiger partial charge on any atom is -0.473 e. The van der Waals surface area contributed by atoms with Crippen LogP contribution in [0.15, 0.2) is 42.6 Å². The number of hydrogen-bond donors (Lipinski definition) is 0. The van der Waals surface area contributed by atoms with E-state index in [9.17, 15) is 4.79 Å². The molecule has 1 fully saturated rings. The molecule has 1 aromatic carbocycles. The lowest BCUT2D eigenvalue weighted by Crippen LogP contribution is -2.30. The zero-order valence-corrected chi connectivity index (χ0v) is 15.6. The van der Waals surface area contributed by atoms with Crippen LogP contribution >= 0.6 is 11.6 Å². The highest BCUT2D eigenvalue weighted by atomic mass is 35.5. The van der Waals surface area contributed by atoms with E-state index >= 15 is 0 Å². The Hall–Kier alpha value is -2.11. The first-order valence-corrected chi connectivity index (χ1v) is 9.28. The molecular weight excluding hydrogens is 352 g/mol. The fraction of sp³-hybridized carbons (Fsp3) is 0.400. The number of hydrogen-bond acceptors (Lipinski definition) is 4. The van der Waals surface area contributed by atoms with Crippen LogP contribution in [0.4, 0.5) is 0 Å². The minimum atomic E-state index is -0.0941. The van der Waals surface area contributed by atoms with Crippen molar-refractivity contribution >= 4 is 17.5 Å². The molecule has 138 valence electrons. The minimum absolute atomic E-state index is 0.0560. The van der Waals surface area contributed by atoms with Crippen LogP contribution in [0.1, 0.15) is 35.7 Å². The number of rotatable bonds is 6. The van der Waals surface area contributed by atoms with E-state index in [1.54, 1.807) is 11.0 Å². The number of ether oxygens (including phenoxy) is 2. The standard InChI is InChI=1S/C20H23ClN2O3/c1-2-23(14-15-6-4-3-5-7-15)20(24)16-12-18(21)19(22-13-16)26-17-8-10-25-11-9-17/h3-7,12-13,17H,2,8-11,14H2,1H3. The maximum Gasteiger partial charge on any atom is 0.255 e. The van der Waals surface area contributed by atoms with Gasteiger partial charge in [0.25, 0.3) is 5.91 Å². The second kappa shape index (κ2) is 9.01. The third-order valence-corrected chi connectivity index (χ3v) is 4.66. The average Bonchev–Trinajstić information content (AvgIpc) is 2.69. The number of halogens is 1. The summed E-state index contributed by atoms with van der Waals surface area (Å²) in [6.45, 7) is 4.48. The molecule has 0 bridgehead atoms. The summed E-state index contributed by atoms with van der Waals surface area (Å²) >= 11 is 6.31. The molecular formula is C20H23ClN2O3. The van der Waals surface area contributed by atoms with E-state index in [1.807, 2.05) is 37.3 Å². The molecule has 26 heavy (non-hydrogen) atoms. The Bertz CT molecular complexity index is 733. The van der Waals surface area contributed by atoms with E-state index in [0.717, 1.165) is 18.4 Å². The Balaban J connectivity index is 1.69. The van der Waals surface area contributed by atoms with Gasteiger partial charge in [-0.05, 0) is 18.6 Å². The molecule has 1 amide bonds. The Labute approximate surface area is 158 Å². The van der Waals surface area contributed by atoms with Gasteiger partial charge in [0.05, 0.1) is 18.8 Å². The Morgan fingerprint density at radius 1 is 1.31 bits per heavy atom. The van der Waals surface area contributed by atoms with E-state index in [1.165, 1.54) is 6.20 Å². The second-order valence-corrected chi connectivity index (χ2v) is 6.65. The topological polar surface area (TPSA) is 51.7 Å². The summed E-state index contributed by atoms with van der Waals surface area (Å²) in [6.07, 6.45) is 3.23. The molecule has 0 saturated carbocycles. The molecule has 5 nitrogen and oxygen atoms in total. The largest absolute Gasteiger partial charge is 0.473 e. The molecule has 0 aliphatic carbocycles. The molecule has 1 aliphatic heterocycles. The van der Waals surface area contributed by atoms with Crippen molar-refractivity contribution in [1.82, 2.24) is 9.88 Å². The first kappa shape index (κ1) is 18.7. The van der Waals surface area contributed by atoms with Crippen molar-refractivity contribution in [3.05, 3.63) is 58.7 Å². The van der Waals surface area contributed by atoms with Crippen LogP contribution in [-0.2, 0) is 11.3 Å². The number of amides is 1. The van der Waals surface area contributed by atoms with Crippen LogP contribution < -0.4 is 4.74 Å². The number of carbonyl (C=O) groups excluding carboxylic acids is 1. The SMILES string of the molecule is CCN(Cc1ccccc1)C(=O)c1cnc(OC2CCOCC2)c(Cl)c1. The monoisotopic (exact) mass is 374 g/mol. The molecule has 0 radical (unpaired) electrons. The number of aromatic nitrogens is 1. The summed E-state index contributed by atoms with van der Waals surface area (Å²) in [5.74, 6) is 0.282. The maximum atomic E-state index is 12.8. The summed E-state index contributed by atoms with van der Waals surface area (Å²) in [5.41, 5.74) is 1.55. The maximum absolute atomic E-state index is 12.8. The Morgan fingerprint density at radius 2 is 2.04 bits per heavy atom. The van der Waals surface area contributed by atoms with Gasteiger partial charge in [0.2, 0.25) is 5.88 Å². The molecule has 1 aliphatic rings. The number of pyridine rings is 1. The summed E-state index contributed by atoms with van der Waals surface area (Å²) in [6, 6.07) is 11.5. The van der Waals surface area contributed by atoms with Gasteiger partial charge >= 0.3 is 0 Å². The summed E-state index contributed by atoms with van der Waals surface area (Å²) in [5, 5.41) is 0.359. The zero-order valence-electron chi connectivity index (χ0n) is 14.9. The zero-order chi connectivity index (χ0) is 18.4. The molecule has 6 heteroatoms. The average molecular weight is 375 g/mol. The van der Waals surface area contributed by atoms with Crippen molar-refractivity contribution in [3.63, 3.8) is 0 Å². The van der Waals surface area contributed by atoms with Crippen LogP contribution in [0.5, 0.6) is 5.88 Å². The van der Waals surface area contributed by atoms with Gasteiger partial charge in [-0.2, -0.15) is 0 Å². The van der Waals surface area contributed by atoms with Crippen LogP contribution in [0.25, 0.3) is 0 Å². The van der Waals surface area contributed by atoms with Gasteiger partial charge < -0.3 is 14.4 Å². The van der Waals surface area contributed by atoms with Gasteiger partial charge in [0.15, 0.2) is 0 Å². The van der Waals surface area contributed by atoms with Gasteiger partial charge in [-0.3, -0.25) is 4.79 Å². The third kappa shape index (κ3) is 4.74. The lowest BCUT2D eigenvalue weighted by atomic mass is 10.1. The van der Waals surface area contributed by atoms with E-state index in [-0.39, 0.29) is 12.0 Å². The lowest BCUT2D eigenvalue weighted by molar-refractivity contribution is 0.0238.